The maximum absolute atomic E-state index is 14.5. The first-order valence-electron chi connectivity index (χ1n) is 7.62. The Morgan fingerprint density at radius 3 is 2.74 bits per heavy atom. The summed E-state index contributed by atoms with van der Waals surface area (Å²) in [6.45, 7) is -0.721. The van der Waals surface area contributed by atoms with Crippen LogP contribution in [0.3, 0.4) is 0 Å². The summed E-state index contributed by atoms with van der Waals surface area (Å²) in [6.07, 6.45) is 2.71. The number of anilines is 1. The summed E-state index contributed by atoms with van der Waals surface area (Å²) in [5, 5.41) is 11.0. The molecule has 0 unspecified atom stereocenters. The van der Waals surface area contributed by atoms with Gasteiger partial charge < -0.3 is 10.0 Å². The minimum absolute atomic E-state index is 0.0150. The van der Waals surface area contributed by atoms with Crippen LogP contribution >= 0.6 is 11.3 Å². The summed E-state index contributed by atoms with van der Waals surface area (Å²) in [6, 6.07) is 0.871. The SMILES string of the molecule is O=CC1(F)CN(c2nc3c(cc2F)c(=O)c(C(=O)O)cn3-c2nccs2)C1. The van der Waals surface area contributed by atoms with Gasteiger partial charge >= 0.3 is 5.97 Å². The normalized spacial score (nSPS) is 15.6. The molecule has 4 rings (SSSR count). The van der Waals surface area contributed by atoms with Crippen molar-refractivity contribution in [1.82, 2.24) is 14.5 Å². The molecule has 11 heteroatoms. The number of hydrogen-bond acceptors (Lipinski definition) is 7. The smallest absolute Gasteiger partial charge is 0.341 e. The Morgan fingerprint density at radius 2 is 2.15 bits per heavy atom. The monoisotopic (exact) mass is 392 g/mol. The van der Waals surface area contributed by atoms with Gasteiger partial charge in [-0.25, -0.2) is 23.5 Å². The molecule has 1 N–H and O–H groups in total. The second kappa shape index (κ2) is 5.91. The topological polar surface area (TPSA) is 105 Å². The number of alkyl halides is 1. The first-order valence-corrected chi connectivity index (χ1v) is 8.50. The Labute approximate surface area is 153 Å². The standard InChI is InChI=1S/C16H10F2N4O4S/c17-10-3-8-11(24)9(14(25)26)4-22(15-19-1-2-27-15)12(8)20-13(10)21-5-16(18,6-21)7-23/h1-4,7H,5-6H2,(H,25,26). The number of carboxylic acids is 1. The van der Waals surface area contributed by atoms with Gasteiger partial charge in [-0.3, -0.25) is 14.2 Å². The first-order chi connectivity index (χ1) is 12.8. The molecule has 0 saturated carbocycles. The number of pyridine rings is 2. The summed E-state index contributed by atoms with van der Waals surface area (Å²) in [4.78, 5) is 43.9. The molecule has 0 aromatic carbocycles. The van der Waals surface area contributed by atoms with Gasteiger partial charge in [0.2, 0.25) is 5.43 Å². The van der Waals surface area contributed by atoms with Crippen LogP contribution in [0.2, 0.25) is 0 Å². The average molecular weight is 392 g/mol. The Balaban J connectivity index is 1.96. The van der Waals surface area contributed by atoms with Gasteiger partial charge in [0.15, 0.2) is 34.4 Å². The molecule has 4 heterocycles. The number of nitrogens with zero attached hydrogens (tertiary/aromatic N) is 4. The number of carboxylic acid groups (broad SMARTS) is 1. The van der Waals surface area contributed by atoms with Gasteiger partial charge in [-0.1, -0.05) is 0 Å². The zero-order valence-electron chi connectivity index (χ0n) is 13.4. The van der Waals surface area contributed by atoms with Crippen LogP contribution in [0.1, 0.15) is 10.4 Å². The van der Waals surface area contributed by atoms with E-state index in [9.17, 15) is 28.3 Å². The van der Waals surface area contributed by atoms with Crippen molar-refractivity contribution in [3.8, 4) is 5.13 Å². The van der Waals surface area contributed by atoms with Gasteiger partial charge in [0, 0.05) is 17.8 Å². The van der Waals surface area contributed by atoms with Crippen molar-refractivity contribution >= 4 is 40.4 Å². The van der Waals surface area contributed by atoms with Crippen molar-refractivity contribution in [1.29, 1.82) is 0 Å². The van der Waals surface area contributed by atoms with Gasteiger partial charge in [0.25, 0.3) is 0 Å². The van der Waals surface area contributed by atoms with E-state index in [1.807, 2.05) is 0 Å². The largest absolute Gasteiger partial charge is 0.477 e. The lowest BCUT2D eigenvalue weighted by Crippen LogP contribution is -2.60. The van der Waals surface area contributed by atoms with Crippen LogP contribution < -0.4 is 10.3 Å². The van der Waals surface area contributed by atoms with E-state index in [1.165, 1.54) is 15.7 Å². The van der Waals surface area contributed by atoms with Gasteiger partial charge in [-0.05, 0) is 6.07 Å². The van der Waals surface area contributed by atoms with Crippen molar-refractivity contribution < 1.29 is 23.5 Å². The van der Waals surface area contributed by atoms with Gasteiger partial charge in [0.05, 0.1) is 18.5 Å². The number of carbonyl (C=O) groups is 2. The summed E-state index contributed by atoms with van der Waals surface area (Å²) in [7, 11) is 0. The van der Waals surface area contributed by atoms with Gasteiger partial charge in [0.1, 0.15) is 5.56 Å². The van der Waals surface area contributed by atoms with E-state index < -0.39 is 28.4 Å². The number of hydrogen-bond donors (Lipinski definition) is 1. The lowest BCUT2D eigenvalue weighted by atomic mass is 9.98. The van der Waals surface area contributed by atoms with E-state index in [0.29, 0.717) is 5.13 Å². The molecule has 1 aliphatic rings. The quantitative estimate of drug-likeness (QED) is 0.669. The molecule has 0 spiro atoms. The minimum Gasteiger partial charge on any atom is -0.477 e. The lowest BCUT2D eigenvalue weighted by molar-refractivity contribution is -0.119. The summed E-state index contributed by atoms with van der Waals surface area (Å²) in [5.41, 5.74) is -3.52. The molecule has 0 radical (unpaired) electrons. The summed E-state index contributed by atoms with van der Waals surface area (Å²) in [5.74, 6) is -2.61. The molecule has 1 saturated heterocycles. The molecule has 27 heavy (non-hydrogen) atoms. The molecule has 0 aliphatic carbocycles. The van der Waals surface area contributed by atoms with Gasteiger partial charge in [-0.2, -0.15) is 0 Å². The van der Waals surface area contributed by atoms with Crippen molar-refractivity contribution in [2.24, 2.45) is 0 Å². The molecule has 0 bridgehead atoms. The zero-order chi connectivity index (χ0) is 19.3. The number of carbonyl (C=O) groups excluding carboxylic acids is 1. The third-order valence-electron chi connectivity index (χ3n) is 4.19. The number of fused-ring (bicyclic) bond motifs is 1. The molecule has 1 aliphatic heterocycles. The van der Waals surface area contributed by atoms with E-state index in [4.69, 9.17) is 0 Å². The van der Waals surface area contributed by atoms with Crippen molar-refractivity contribution in [3.63, 3.8) is 0 Å². The van der Waals surface area contributed by atoms with Crippen LogP contribution in [0, 0.1) is 5.82 Å². The van der Waals surface area contributed by atoms with Crippen LogP contribution in [0.25, 0.3) is 16.2 Å². The minimum atomic E-state index is -2.06. The third kappa shape index (κ3) is 2.67. The molecular formula is C16H10F2N4O4S. The number of aromatic nitrogens is 3. The molecule has 3 aromatic heterocycles. The van der Waals surface area contributed by atoms with Crippen molar-refractivity contribution in [2.45, 2.75) is 5.67 Å². The fraction of sp³-hybridized carbons (Fsp3) is 0.188. The summed E-state index contributed by atoms with van der Waals surface area (Å²) >= 11 is 1.16. The predicted molar refractivity (Wildman–Crippen MR) is 92.0 cm³/mol. The van der Waals surface area contributed by atoms with Crippen LogP contribution in [0.4, 0.5) is 14.6 Å². The van der Waals surface area contributed by atoms with Crippen molar-refractivity contribution in [3.05, 3.63) is 45.4 Å². The molecule has 8 nitrogen and oxygen atoms in total. The fourth-order valence-corrected chi connectivity index (χ4v) is 3.50. The van der Waals surface area contributed by atoms with Crippen LogP contribution in [-0.2, 0) is 4.79 Å². The first kappa shape index (κ1) is 17.2. The summed E-state index contributed by atoms with van der Waals surface area (Å²) < 4.78 is 29.6. The van der Waals surface area contributed by atoms with E-state index in [1.54, 1.807) is 5.38 Å². The second-order valence-corrected chi connectivity index (χ2v) is 6.91. The van der Waals surface area contributed by atoms with Gasteiger partial charge in [-0.15, -0.1) is 11.3 Å². The highest BCUT2D eigenvalue weighted by atomic mass is 32.1. The molecular weight excluding hydrogens is 382 g/mol. The Bertz CT molecular complexity index is 1140. The molecule has 138 valence electrons. The highest BCUT2D eigenvalue weighted by molar-refractivity contribution is 7.12. The predicted octanol–water partition coefficient (Wildman–Crippen LogP) is 1.41. The highest BCUT2D eigenvalue weighted by Crippen LogP contribution is 2.31. The molecule has 0 amide bonds. The zero-order valence-corrected chi connectivity index (χ0v) is 14.2. The Kier molecular flexibility index (Phi) is 3.77. The maximum Gasteiger partial charge on any atom is 0.341 e. The second-order valence-electron chi connectivity index (χ2n) is 6.04. The number of halogens is 2. The number of rotatable bonds is 4. The third-order valence-corrected chi connectivity index (χ3v) is 4.96. The van der Waals surface area contributed by atoms with Crippen molar-refractivity contribution in [2.75, 3.05) is 18.0 Å². The fourth-order valence-electron chi connectivity index (χ4n) is 2.88. The van der Waals surface area contributed by atoms with E-state index in [2.05, 4.69) is 9.97 Å². The number of thiazole rings is 1. The Hall–Kier alpha value is -3.21. The molecule has 3 aromatic rings. The lowest BCUT2D eigenvalue weighted by Gasteiger charge is -2.41. The highest BCUT2D eigenvalue weighted by Gasteiger charge is 2.45. The van der Waals surface area contributed by atoms with Crippen LogP contribution in [0.5, 0.6) is 0 Å². The average Bonchev–Trinajstić information content (AvgIpc) is 3.13. The molecule has 0 atom stereocenters. The molecule has 1 fully saturated rings. The van der Waals surface area contributed by atoms with Crippen LogP contribution in [0.15, 0.2) is 28.6 Å². The Morgan fingerprint density at radius 1 is 1.41 bits per heavy atom. The van der Waals surface area contributed by atoms with Crippen LogP contribution in [-0.4, -0.2) is 50.7 Å². The van der Waals surface area contributed by atoms with E-state index in [0.717, 1.165) is 23.6 Å². The maximum atomic E-state index is 14.5. The number of aromatic carboxylic acids is 1. The number of aldehydes is 1. The van der Waals surface area contributed by atoms with E-state index in [-0.39, 0.29) is 36.2 Å². The van der Waals surface area contributed by atoms with E-state index >= 15 is 0 Å².